The van der Waals surface area contributed by atoms with Gasteiger partial charge in [0.05, 0.1) is 23.4 Å². The van der Waals surface area contributed by atoms with Crippen molar-refractivity contribution in [1.82, 2.24) is 9.78 Å². The van der Waals surface area contributed by atoms with Gasteiger partial charge in [-0.2, -0.15) is 5.10 Å². The molecule has 0 saturated carbocycles. The second kappa shape index (κ2) is 8.13. The number of nitro benzene ring substituents is 1. The molecule has 0 spiro atoms. The van der Waals surface area contributed by atoms with E-state index in [1.165, 1.54) is 16.8 Å². The lowest BCUT2D eigenvalue weighted by molar-refractivity contribution is -0.384. The van der Waals surface area contributed by atoms with Crippen molar-refractivity contribution >= 4 is 11.7 Å². The predicted molar refractivity (Wildman–Crippen MR) is 96.9 cm³/mol. The zero-order valence-electron chi connectivity index (χ0n) is 14.6. The summed E-state index contributed by atoms with van der Waals surface area (Å²) in [5, 5.41) is 15.0. The fourth-order valence-electron chi connectivity index (χ4n) is 2.40. The Bertz CT molecular complexity index is 936. The van der Waals surface area contributed by atoms with E-state index in [9.17, 15) is 14.9 Å². The molecule has 138 valence electrons. The summed E-state index contributed by atoms with van der Waals surface area (Å²) in [6.07, 6.45) is 1.55. The van der Waals surface area contributed by atoms with Gasteiger partial charge in [-0.05, 0) is 24.6 Å². The van der Waals surface area contributed by atoms with Crippen molar-refractivity contribution in [3.63, 3.8) is 0 Å². The van der Waals surface area contributed by atoms with E-state index in [0.29, 0.717) is 5.69 Å². The maximum atomic E-state index is 12.2. The molecule has 0 aliphatic carbocycles. The molecule has 8 nitrogen and oxygen atoms in total. The van der Waals surface area contributed by atoms with E-state index in [1.54, 1.807) is 25.3 Å². The molecule has 1 heterocycles. The number of hydrogen-bond acceptors (Lipinski definition) is 6. The molecular weight excluding hydrogens is 350 g/mol. The third-order valence-electron chi connectivity index (χ3n) is 3.71. The number of ether oxygens (including phenoxy) is 2. The van der Waals surface area contributed by atoms with Crippen LogP contribution in [0.4, 0.5) is 5.69 Å². The van der Waals surface area contributed by atoms with Crippen molar-refractivity contribution in [2.45, 2.75) is 13.5 Å². The Morgan fingerprint density at radius 2 is 1.85 bits per heavy atom. The maximum Gasteiger partial charge on any atom is 0.362 e. The second-order valence-electron chi connectivity index (χ2n) is 5.55. The number of rotatable bonds is 7. The summed E-state index contributed by atoms with van der Waals surface area (Å²) >= 11 is 0. The van der Waals surface area contributed by atoms with Crippen LogP contribution in [0, 0.1) is 10.1 Å². The van der Waals surface area contributed by atoms with Crippen molar-refractivity contribution in [2.24, 2.45) is 0 Å². The topological polar surface area (TPSA) is 96.5 Å². The van der Waals surface area contributed by atoms with Gasteiger partial charge >= 0.3 is 5.97 Å². The van der Waals surface area contributed by atoms with Crippen LogP contribution < -0.4 is 4.74 Å². The number of nitrogens with zero attached hydrogens (tertiary/aromatic N) is 3. The van der Waals surface area contributed by atoms with Crippen molar-refractivity contribution in [3.05, 3.63) is 82.2 Å². The van der Waals surface area contributed by atoms with Crippen LogP contribution in [0.2, 0.25) is 0 Å². The van der Waals surface area contributed by atoms with Crippen molar-refractivity contribution in [2.75, 3.05) is 6.61 Å². The third-order valence-corrected chi connectivity index (χ3v) is 3.71. The van der Waals surface area contributed by atoms with Crippen molar-refractivity contribution in [1.29, 1.82) is 0 Å². The summed E-state index contributed by atoms with van der Waals surface area (Å²) in [6, 6.07) is 15.3. The first-order valence-corrected chi connectivity index (χ1v) is 8.27. The molecular formula is C19H17N3O5. The minimum absolute atomic E-state index is 0.0305. The molecule has 0 atom stereocenters. The van der Waals surface area contributed by atoms with Crippen LogP contribution in [0.5, 0.6) is 5.75 Å². The van der Waals surface area contributed by atoms with Gasteiger partial charge in [-0.3, -0.25) is 10.1 Å². The molecule has 3 aromatic rings. The largest absolute Gasteiger partial charge is 0.485 e. The molecule has 27 heavy (non-hydrogen) atoms. The summed E-state index contributed by atoms with van der Waals surface area (Å²) in [6.45, 7) is 2.18. The van der Waals surface area contributed by atoms with E-state index in [4.69, 9.17) is 9.47 Å². The molecule has 0 aliphatic rings. The average molecular weight is 367 g/mol. The smallest absolute Gasteiger partial charge is 0.362 e. The van der Waals surface area contributed by atoms with Gasteiger partial charge in [-0.25, -0.2) is 9.48 Å². The lowest BCUT2D eigenvalue weighted by atomic mass is 10.2. The molecule has 0 radical (unpaired) electrons. The van der Waals surface area contributed by atoms with Crippen LogP contribution >= 0.6 is 0 Å². The van der Waals surface area contributed by atoms with Crippen LogP contribution in [0.1, 0.15) is 23.0 Å². The number of esters is 1. The van der Waals surface area contributed by atoms with Gasteiger partial charge in [0.2, 0.25) is 5.69 Å². The Balaban J connectivity index is 1.88. The average Bonchev–Trinajstić information content (AvgIpc) is 3.12. The number of aromatic nitrogens is 2. The lowest BCUT2D eigenvalue weighted by Gasteiger charge is -2.05. The highest BCUT2D eigenvalue weighted by molar-refractivity contribution is 5.90. The van der Waals surface area contributed by atoms with E-state index in [2.05, 4.69) is 5.10 Å². The summed E-state index contributed by atoms with van der Waals surface area (Å²) in [5.41, 5.74) is 1.51. The van der Waals surface area contributed by atoms with Gasteiger partial charge in [0.15, 0.2) is 5.75 Å². The number of nitro groups is 1. The van der Waals surface area contributed by atoms with Gasteiger partial charge < -0.3 is 9.47 Å². The van der Waals surface area contributed by atoms with Crippen LogP contribution in [-0.2, 0) is 11.3 Å². The molecule has 0 N–H and O–H groups in total. The molecule has 0 bridgehead atoms. The Hall–Kier alpha value is -3.68. The zero-order chi connectivity index (χ0) is 19.2. The quantitative estimate of drug-likeness (QED) is 0.360. The molecule has 0 saturated heterocycles. The van der Waals surface area contributed by atoms with Crippen LogP contribution in [-0.4, -0.2) is 27.3 Å². The lowest BCUT2D eigenvalue weighted by Crippen LogP contribution is -2.08. The minimum Gasteiger partial charge on any atom is -0.485 e. The van der Waals surface area contributed by atoms with Crippen molar-refractivity contribution in [3.8, 4) is 11.4 Å². The molecule has 1 aromatic heterocycles. The van der Waals surface area contributed by atoms with Crippen LogP contribution in [0.3, 0.4) is 0 Å². The van der Waals surface area contributed by atoms with Gasteiger partial charge in [0, 0.05) is 12.1 Å². The van der Waals surface area contributed by atoms with Crippen LogP contribution in [0.25, 0.3) is 5.69 Å². The molecule has 0 amide bonds. The number of carbonyl (C=O) groups excluding carboxylic acids is 1. The SMILES string of the molecule is CCOC(=O)c1nn(-c2ccc([N+](=O)[O-])cc2)cc1OCc1ccccc1. The maximum absolute atomic E-state index is 12.2. The van der Waals surface area contributed by atoms with Crippen molar-refractivity contribution < 1.29 is 19.2 Å². The van der Waals surface area contributed by atoms with Gasteiger partial charge in [0.1, 0.15) is 6.61 Å². The number of hydrogen-bond donors (Lipinski definition) is 0. The summed E-state index contributed by atoms with van der Waals surface area (Å²) in [5.74, 6) is -0.322. The van der Waals surface area contributed by atoms with Gasteiger partial charge in [0.25, 0.3) is 5.69 Å². The highest BCUT2D eigenvalue weighted by Crippen LogP contribution is 2.23. The fourth-order valence-corrected chi connectivity index (χ4v) is 2.40. The summed E-state index contributed by atoms with van der Waals surface area (Å²) in [7, 11) is 0. The van der Waals surface area contributed by atoms with Gasteiger partial charge in [-0.15, -0.1) is 0 Å². The minimum atomic E-state index is -0.596. The standard InChI is InChI=1S/C19H17N3O5/c1-2-26-19(23)18-17(27-13-14-6-4-3-5-7-14)12-21(20-18)15-8-10-16(11-9-15)22(24)25/h3-12H,2,13H2,1H3. The zero-order valence-corrected chi connectivity index (χ0v) is 14.6. The number of non-ortho nitro benzene ring substituents is 1. The first-order valence-electron chi connectivity index (χ1n) is 8.27. The van der Waals surface area contributed by atoms with E-state index >= 15 is 0 Å². The molecule has 3 rings (SSSR count). The first-order chi connectivity index (χ1) is 13.1. The Morgan fingerprint density at radius 3 is 2.48 bits per heavy atom. The van der Waals surface area contributed by atoms with E-state index < -0.39 is 10.9 Å². The predicted octanol–water partition coefficient (Wildman–Crippen LogP) is 3.54. The number of carbonyl (C=O) groups is 1. The Morgan fingerprint density at radius 1 is 1.15 bits per heavy atom. The highest BCUT2D eigenvalue weighted by Gasteiger charge is 2.20. The number of benzene rings is 2. The van der Waals surface area contributed by atoms with E-state index in [0.717, 1.165) is 5.56 Å². The van der Waals surface area contributed by atoms with Crippen LogP contribution in [0.15, 0.2) is 60.8 Å². The van der Waals surface area contributed by atoms with Gasteiger partial charge in [-0.1, -0.05) is 30.3 Å². The molecule has 0 unspecified atom stereocenters. The summed E-state index contributed by atoms with van der Waals surface area (Å²) in [4.78, 5) is 22.5. The Labute approximate surface area is 155 Å². The second-order valence-corrected chi connectivity index (χ2v) is 5.55. The van der Waals surface area contributed by atoms with E-state index in [-0.39, 0.29) is 30.3 Å². The highest BCUT2D eigenvalue weighted by atomic mass is 16.6. The molecule has 2 aromatic carbocycles. The first kappa shape index (κ1) is 18.1. The normalized spacial score (nSPS) is 10.4. The monoisotopic (exact) mass is 367 g/mol. The van der Waals surface area contributed by atoms with E-state index in [1.807, 2.05) is 30.3 Å². The fraction of sp³-hybridized carbons (Fsp3) is 0.158. The molecule has 8 heteroatoms. The summed E-state index contributed by atoms with van der Waals surface area (Å²) < 4.78 is 12.2. The molecule has 0 aliphatic heterocycles. The Kier molecular flexibility index (Phi) is 5.46. The third kappa shape index (κ3) is 4.30. The molecule has 0 fully saturated rings.